The van der Waals surface area contributed by atoms with Crippen molar-refractivity contribution in [1.82, 2.24) is 4.57 Å². The molecule has 1 aromatic heterocycles. The molecule has 0 spiro atoms. The maximum absolute atomic E-state index is 7.58. The van der Waals surface area contributed by atoms with Crippen LogP contribution >= 0.6 is 0 Å². The van der Waals surface area contributed by atoms with Crippen molar-refractivity contribution in [2.75, 3.05) is 0 Å². The summed E-state index contributed by atoms with van der Waals surface area (Å²) in [6, 6.07) is 45.5. The van der Waals surface area contributed by atoms with Gasteiger partial charge in [0.1, 0.15) is 94.2 Å². The third-order valence-electron chi connectivity index (χ3n) is 14.8. The van der Waals surface area contributed by atoms with Gasteiger partial charge in [0.25, 0.3) is 0 Å². The minimum absolute atomic E-state index is 0.000464. The fraction of sp³-hybridized carbons (Fsp3) is 0. The summed E-state index contributed by atoms with van der Waals surface area (Å²) < 4.78 is 1.60. The minimum Gasteiger partial charge on any atom is -0.312 e. The molecule has 24 radical (unpaired) electrons. The number of benzene rings is 12. The first-order chi connectivity index (χ1) is 33.3. The van der Waals surface area contributed by atoms with E-state index in [4.69, 9.17) is 94.2 Å². The molecule has 0 saturated carbocycles. The van der Waals surface area contributed by atoms with Crippen molar-refractivity contribution in [3.8, 4) is 39.1 Å². The Bertz CT molecular complexity index is 4400. The van der Waals surface area contributed by atoms with Crippen molar-refractivity contribution < 1.29 is 0 Å². The lowest BCUT2D eigenvalue weighted by molar-refractivity contribution is 1.22. The van der Waals surface area contributed by atoms with Gasteiger partial charge in [-0.3, -0.25) is 0 Å². The zero-order chi connectivity index (χ0) is 47.6. The van der Waals surface area contributed by atoms with Crippen LogP contribution in [0, 0.1) is 0 Å². The number of hydrogen-bond acceptors (Lipinski definition) is 0. The molecular weight excluding hydrogens is 816 g/mol. The molecule has 1 heterocycles. The summed E-state index contributed by atoms with van der Waals surface area (Å²) in [6.07, 6.45) is 0. The SMILES string of the molecule is [B]c1c([B])c([B])c(-n2c3c([B])c([B])c([B])c([B])c3c3c([B])c(-c4ccc(-c5ccc6ccc7cccc8ccc5c6c78)cc4-c4ccc5ccc6cccc7ccc4c5c67)c([B])c([B])c32)c([B])c1[B]. The van der Waals surface area contributed by atoms with Gasteiger partial charge < -0.3 is 4.57 Å². The monoisotopic (exact) mass is 839 g/mol. The quantitative estimate of drug-likeness (QED) is 0.185. The minimum atomic E-state index is 0.000464. The predicted molar refractivity (Wildman–Crippen MR) is 309 cm³/mol. The van der Waals surface area contributed by atoms with Gasteiger partial charge in [-0.1, -0.05) is 160 Å². The van der Waals surface area contributed by atoms with E-state index >= 15 is 0 Å². The van der Waals surface area contributed by atoms with E-state index in [1.165, 1.54) is 32.3 Å². The molecule has 0 bridgehead atoms. The summed E-state index contributed by atoms with van der Waals surface area (Å²) in [6.45, 7) is 0. The largest absolute Gasteiger partial charge is 0.312 e. The molecule has 0 atom stereocenters. The zero-order valence-corrected chi connectivity index (χ0v) is 37.0. The first-order valence-electron chi connectivity index (χ1n) is 22.3. The van der Waals surface area contributed by atoms with Crippen molar-refractivity contribution in [3.63, 3.8) is 0 Å². The molecule has 286 valence electrons. The van der Waals surface area contributed by atoms with Gasteiger partial charge in [-0.05, 0) is 109 Å². The Balaban J connectivity index is 1.17. The van der Waals surface area contributed by atoms with Crippen LogP contribution in [-0.2, 0) is 0 Å². The summed E-state index contributed by atoms with van der Waals surface area (Å²) in [7, 11) is 82.0. The number of rotatable bonds is 4. The molecule has 12 aromatic carbocycles. The van der Waals surface area contributed by atoms with Crippen LogP contribution in [0.5, 0.6) is 0 Å². The molecule has 0 saturated heterocycles. The van der Waals surface area contributed by atoms with Crippen LogP contribution in [0.4, 0.5) is 0 Å². The first kappa shape index (κ1) is 42.4. The van der Waals surface area contributed by atoms with Crippen LogP contribution in [0.1, 0.15) is 0 Å². The van der Waals surface area contributed by atoms with Crippen LogP contribution in [0.15, 0.2) is 127 Å². The highest BCUT2D eigenvalue weighted by Crippen LogP contribution is 2.45. The lowest BCUT2D eigenvalue weighted by atomic mass is 9.61. The molecule has 13 aromatic rings. The Morgan fingerprint density at radius 3 is 1.20 bits per heavy atom. The average Bonchev–Trinajstić information content (AvgIpc) is 3.73. The topological polar surface area (TPSA) is 4.93 Å². The van der Waals surface area contributed by atoms with Gasteiger partial charge in [0, 0.05) is 22.1 Å². The molecular formula is C56H21B12N. The summed E-state index contributed by atoms with van der Waals surface area (Å²) in [5.74, 6) is 0. The normalized spacial score (nSPS) is 12.2. The van der Waals surface area contributed by atoms with E-state index in [9.17, 15) is 0 Å². The van der Waals surface area contributed by atoms with Gasteiger partial charge in [-0.25, -0.2) is 0 Å². The molecule has 69 heavy (non-hydrogen) atoms. The molecule has 0 unspecified atom stereocenters. The smallest absolute Gasteiger partial charge is 0.115 e. The van der Waals surface area contributed by atoms with Crippen LogP contribution in [0.25, 0.3) is 126 Å². The second-order valence-electron chi connectivity index (χ2n) is 18.2. The Morgan fingerprint density at radius 1 is 0.261 bits per heavy atom. The van der Waals surface area contributed by atoms with Crippen molar-refractivity contribution in [2.45, 2.75) is 0 Å². The van der Waals surface area contributed by atoms with Gasteiger partial charge in [-0.15, -0.1) is 27.3 Å². The van der Waals surface area contributed by atoms with Gasteiger partial charge in [-0.2, -0.15) is 0 Å². The molecule has 0 N–H and O–H groups in total. The van der Waals surface area contributed by atoms with E-state index in [1.54, 1.807) is 4.57 Å². The third kappa shape index (κ3) is 5.59. The van der Waals surface area contributed by atoms with E-state index in [0.29, 0.717) is 21.9 Å². The Morgan fingerprint density at radius 2 is 0.652 bits per heavy atom. The van der Waals surface area contributed by atoms with E-state index in [2.05, 4.69) is 127 Å². The molecule has 0 aliphatic carbocycles. The van der Waals surface area contributed by atoms with Crippen molar-refractivity contribution in [1.29, 1.82) is 0 Å². The first-order valence-corrected chi connectivity index (χ1v) is 22.3. The van der Waals surface area contributed by atoms with E-state index < -0.39 is 0 Å². The number of aromatic nitrogens is 1. The lowest BCUT2D eigenvalue weighted by Gasteiger charge is -2.26. The summed E-state index contributed by atoms with van der Waals surface area (Å²) in [5.41, 5.74) is 6.55. The second-order valence-corrected chi connectivity index (χ2v) is 18.2. The zero-order valence-electron chi connectivity index (χ0n) is 37.0. The lowest BCUT2D eigenvalue weighted by Crippen LogP contribution is -2.56. The van der Waals surface area contributed by atoms with Gasteiger partial charge in [0.2, 0.25) is 0 Å². The maximum atomic E-state index is 7.58. The van der Waals surface area contributed by atoms with Crippen LogP contribution in [0.2, 0.25) is 0 Å². The van der Waals surface area contributed by atoms with Gasteiger partial charge in [0.05, 0.1) is 0 Å². The number of hydrogen-bond donors (Lipinski definition) is 0. The number of nitrogens with zero attached hydrogens (tertiary/aromatic N) is 1. The molecule has 0 amide bonds. The average molecular weight is 838 g/mol. The third-order valence-corrected chi connectivity index (χ3v) is 14.8. The molecule has 0 aliphatic rings. The Hall–Kier alpha value is -6.70. The highest BCUT2D eigenvalue weighted by atomic mass is 15.0. The Kier molecular flexibility index (Phi) is 9.16. The van der Waals surface area contributed by atoms with E-state index in [-0.39, 0.29) is 82.3 Å². The van der Waals surface area contributed by atoms with Crippen LogP contribution < -0.4 is 65.6 Å². The van der Waals surface area contributed by atoms with Crippen molar-refractivity contribution >= 4 is 246 Å². The molecule has 1 nitrogen and oxygen atoms in total. The summed E-state index contributed by atoms with van der Waals surface area (Å²) in [5, 5.41) is 14.7. The van der Waals surface area contributed by atoms with E-state index in [0.717, 1.165) is 54.6 Å². The van der Waals surface area contributed by atoms with Crippen LogP contribution in [0.3, 0.4) is 0 Å². The fourth-order valence-corrected chi connectivity index (χ4v) is 11.4. The predicted octanol–water partition coefficient (Wildman–Crippen LogP) is 1.11. The summed E-state index contributed by atoms with van der Waals surface area (Å²) >= 11 is 0. The standard InChI is InChI=1S/C56H21B12N/c57-42-39(43(58)50(65)54-40(42)41-44(59)45(60)47(62)51(66)55(41)69(54)56-52(67)48(63)46(61)49(64)53(56)68)33-20-15-28(29-16-11-26-9-7-22-3-1-5-24-13-18-31(29)37(26)35(22)24)21-34(33)30-17-12-27-10-8-23-4-2-6-25-14-19-32(30)38(27)36(23)25/h1-21H. The second kappa shape index (κ2) is 14.9. The van der Waals surface area contributed by atoms with Gasteiger partial charge >= 0.3 is 0 Å². The summed E-state index contributed by atoms with van der Waals surface area (Å²) in [4.78, 5) is 0. The molecule has 0 aliphatic heterocycles. The highest BCUT2D eigenvalue weighted by molar-refractivity contribution is 6.71. The van der Waals surface area contributed by atoms with Crippen molar-refractivity contribution in [2.24, 2.45) is 0 Å². The highest BCUT2D eigenvalue weighted by Gasteiger charge is 2.28. The van der Waals surface area contributed by atoms with E-state index in [1.807, 2.05) is 0 Å². The van der Waals surface area contributed by atoms with Crippen molar-refractivity contribution in [3.05, 3.63) is 127 Å². The van der Waals surface area contributed by atoms with Gasteiger partial charge in [0.15, 0.2) is 0 Å². The number of fused-ring (bicyclic) bond motifs is 3. The molecule has 13 rings (SSSR count). The molecule has 0 fully saturated rings. The Labute approximate surface area is 414 Å². The molecule has 13 heteroatoms. The maximum Gasteiger partial charge on any atom is 0.115 e. The van der Waals surface area contributed by atoms with Crippen LogP contribution in [-0.4, -0.2) is 98.7 Å². The fourth-order valence-electron chi connectivity index (χ4n) is 11.4.